The van der Waals surface area contributed by atoms with Crippen molar-refractivity contribution in [3.8, 4) is 5.75 Å². The molecule has 0 bridgehead atoms. The molecule has 3 aromatic rings. The number of alkyl halides is 1. The molecule has 0 saturated heterocycles. The number of rotatable bonds is 9. The molecule has 3 rings (SSSR count). The van der Waals surface area contributed by atoms with Gasteiger partial charge in [0, 0.05) is 17.2 Å². The van der Waals surface area contributed by atoms with Crippen molar-refractivity contribution in [1.29, 1.82) is 0 Å². The van der Waals surface area contributed by atoms with Crippen LogP contribution >= 0.6 is 11.8 Å². The van der Waals surface area contributed by atoms with Crippen LogP contribution in [-0.4, -0.2) is 36.0 Å². The number of fused-ring (bicyclic) bond motifs is 1. The van der Waals surface area contributed by atoms with E-state index in [1.54, 1.807) is 44.2 Å². The Morgan fingerprint density at radius 2 is 1.82 bits per heavy atom. The molecule has 1 atom stereocenters. The zero-order chi connectivity index (χ0) is 24.0. The summed E-state index contributed by atoms with van der Waals surface area (Å²) in [5.74, 6) is -5.00. The molecule has 2 aromatic carbocycles. The number of pyridine rings is 1. The molecule has 9 heteroatoms. The Bertz CT molecular complexity index is 1160. The maximum Gasteiger partial charge on any atom is 0.344 e. The Balaban J connectivity index is 2.18. The first kappa shape index (κ1) is 24.6. The molecule has 0 fully saturated rings. The number of hydrogen-bond acceptors (Lipinski definition) is 6. The first-order valence-electron chi connectivity index (χ1n) is 10.3. The number of halogens is 3. The van der Waals surface area contributed by atoms with Crippen LogP contribution in [0.15, 0.2) is 47.5 Å². The Labute approximate surface area is 193 Å². The van der Waals surface area contributed by atoms with E-state index >= 15 is 0 Å². The van der Waals surface area contributed by atoms with Gasteiger partial charge in [-0.05, 0) is 25.0 Å². The predicted octanol–water partition coefficient (Wildman–Crippen LogP) is 5.85. The summed E-state index contributed by atoms with van der Waals surface area (Å²) in [6.07, 6.45) is 0.527. The van der Waals surface area contributed by atoms with E-state index in [0.29, 0.717) is 12.0 Å². The van der Waals surface area contributed by atoms with Gasteiger partial charge < -0.3 is 9.47 Å². The fraction of sp³-hybridized carbons (Fsp3) is 0.292. The molecule has 174 valence electrons. The van der Waals surface area contributed by atoms with Crippen molar-refractivity contribution >= 4 is 34.6 Å². The molecule has 5 nitrogen and oxygen atoms in total. The Morgan fingerprint density at radius 1 is 1.12 bits per heavy atom. The van der Waals surface area contributed by atoms with E-state index in [0.717, 1.165) is 23.9 Å². The smallest absolute Gasteiger partial charge is 0.344 e. The van der Waals surface area contributed by atoms with Crippen molar-refractivity contribution in [1.82, 2.24) is 4.98 Å². The van der Waals surface area contributed by atoms with E-state index in [1.807, 2.05) is 0 Å². The highest BCUT2D eigenvalue weighted by atomic mass is 32.2. The maximum absolute atomic E-state index is 14.1. The van der Waals surface area contributed by atoms with Gasteiger partial charge >= 0.3 is 11.9 Å². The molecule has 0 N–H and O–H groups in total. The third-order valence-electron chi connectivity index (χ3n) is 4.76. The first-order valence-corrected chi connectivity index (χ1v) is 11.3. The van der Waals surface area contributed by atoms with Gasteiger partial charge in [-0.1, -0.05) is 37.3 Å². The maximum atomic E-state index is 14.1. The zero-order valence-electron chi connectivity index (χ0n) is 18.1. The van der Waals surface area contributed by atoms with E-state index in [9.17, 15) is 22.8 Å². The lowest BCUT2D eigenvalue weighted by Crippen LogP contribution is -2.20. The van der Waals surface area contributed by atoms with Crippen LogP contribution < -0.4 is 4.74 Å². The quantitative estimate of drug-likeness (QED) is 0.285. The number of esters is 2. The summed E-state index contributed by atoms with van der Waals surface area (Å²) in [7, 11) is 0. The Morgan fingerprint density at radius 3 is 2.48 bits per heavy atom. The van der Waals surface area contributed by atoms with Gasteiger partial charge in [-0.25, -0.2) is 18.6 Å². The second-order valence-electron chi connectivity index (χ2n) is 7.13. The van der Waals surface area contributed by atoms with E-state index in [-0.39, 0.29) is 39.6 Å². The predicted molar refractivity (Wildman–Crippen MR) is 119 cm³/mol. The molecule has 1 unspecified atom stereocenters. The molecule has 0 saturated carbocycles. The fourth-order valence-electron chi connectivity index (χ4n) is 3.07. The summed E-state index contributed by atoms with van der Waals surface area (Å²) >= 11 is 0.885. The molecule has 0 radical (unpaired) electrons. The van der Waals surface area contributed by atoms with Crippen molar-refractivity contribution in [3.63, 3.8) is 0 Å². The van der Waals surface area contributed by atoms with Gasteiger partial charge in [0.15, 0.2) is 17.4 Å². The van der Waals surface area contributed by atoms with Crippen LogP contribution in [0, 0.1) is 11.6 Å². The monoisotopic (exact) mass is 477 g/mol. The van der Waals surface area contributed by atoms with Crippen molar-refractivity contribution in [3.05, 3.63) is 65.2 Å². The van der Waals surface area contributed by atoms with Crippen LogP contribution in [0.1, 0.15) is 42.1 Å². The third kappa shape index (κ3) is 5.65. The summed E-state index contributed by atoms with van der Waals surface area (Å²) < 4.78 is 51.8. The molecule has 0 aliphatic rings. The second kappa shape index (κ2) is 11.2. The zero-order valence-corrected chi connectivity index (χ0v) is 18.9. The number of carbonyl (C=O) groups excluding carboxylic acids is 2. The number of hydrogen-bond donors (Lipinski definition) is 0. The summed E-state index contributed by atoms with van der Waals surface area (Å²) in [5.41, 5.74) is 0.395. The molecule has 0 spiro atoms. The van der Waals surface area contributed by atoms with Gasteiger partial charge in [0.25, 0.3) is 0 Å². The van der Waals surface area contributed by atoms with E-state index in [4.69, 9.17) is 9.47 Å². The van der Waals surface area contributed by atoms with Crippen LogP contribution in [-0.2, 0) is 9.53 Å². The largest absolute Gasteiger partial charge is 0.462 e. The van der Waals surface area contributed by atoms with Gasteiger partial charge in [-0.2, -0.15) is 0 Å². The summed E-state index contributed by atoms with van der Waals surface area (Å²) in [5, 5.41) is -0.0713. The van der Waals surface area contributed by atoms with Gasteiger partial charge in [-0.15, -0.1) is 11.8 Å². The minimum Gasteiger partial charge on any atom is -0.462 e. The van der Waals surface area contributed by atoms with Crippen molar-refractivity contribution < 1.29 is 32.2 Å². The lowest BCUT2D eigenvalue weighted by Gasteiger charge is -2.18. The van der Waals surface area contributed by atoms with Crippen LogP contribution in [0.4, 0.5) is 13.2 Å². The third-order valence-corrected chi connectivity index (χ3v) is 5.69. The van der Waals surface area contributed by atoms with Gasteiger partial charge in [-0.3, -0.25) is 9.18 Å². The lowest BCUT2D eigenvalue weighted by atomic mass is 10.0. The number of benzene rings is 2. The minimum atomic E-state index is -1.20. The first-order chi connectivity index (χ1) is 15.9. The molecular formula is C24H22F3NO4S. The Hall–Kier alpha value is -3.07. The average molecular weight is 478 g/mol. The molecular weight excluding hydrogens is 455 g/mol. The van der Waals surface area contributed by atoms with Gasteiger partial charge in [0.05, 0.1) is 24.7 Å². The highest BCUT2D eigenvalue weighted by Crippen LogP contribution is 2.38. The molecule has 0 aliphatic heterocycles. The summed E-state index contributed by atoms with van der Waals surface area (Å²) in [6, 6.07) is 10.5. The minimum absolute atomic E-state index is 0.00225. The average Bonchev–Trinajstić information content (AvgIpc) is 2.82. The Kier molecular flexibility index (Phi) is 8.32. The van der Waals surface area contributed by atoms with Gasteiger partial charge in [0.2, 0.25) is 0 Å². The van der Waals surface area contributed by atoms with Crippen LogP contribution in [0.3, 0.4) is 0 Å². The summed E-state index contributed by atoms with van der Waals surface area (Å²) in [4.78, 5) is 30.1. The molecule has 0 aliphatic carbocycles. The van der Waals surface area contributed by atoms with Gasteiger partial charge in [0.1, 0.15) is 10.6 Å². The molecule has 1 heterocycles. The number of thioether (sulfide) groups is 1. The number of aromatic nitrogens is 1. The van der Waals surface area contributed by atoms with E-state index in [2.05, 4.69) is 4.98 Å². The molecule has 33 heavy (non-hydrogen) atoms. The van der Waals surface area contributed by atoms with Crippen LogP contribution in [0.25, 0.3) is 10.9 Å². The van der Waals surface area contributed by atoms with Crippen LogP contribution in [0.5, 0.6) is 5.75 Å². The number of carbonyl (C=O) groups is 2. The van der Waals surface area contributed by atoms with Crippen LogP contribution in [0.2, 0.25) is 0 Å². The highest BCUT2D eigenvalue weighted by molar-refractivity contribution is 7.99. The normalized spacial score (nSPS) is 11.9. The molecule has 0 amide bonds. The van der Waals surface area contributed by atoms with E-state index < -0.39 is 36.2 Å². The second-order valence-corrected chi connectivity index (χ2v) is 8.22. The van der Waals surface area contributed by atoms with Crippen molar-refractivity contribution in [2.24, 2.45) is 0 Å². The summed E-state index contributed by atoms with van der Waals surface area (Å²) in [6.45, 7) is 2.78. The van der Waals surface area contributed by atoms with Crippen molar-refractivity contribution in [2.75, 3.05) is 19.0 Å². The standard InChI is InChI=1S/C24H22F3NO4S/c1-3-10-31-24(30)20-21(32-23(29)14(2)15-7-5-4-6-8-15)16-12-17(26)18(27)13-19(16)28-22(20)33-11-9-25/h4-8,12-14H,3,9-11H2,1-2H3. The van der Waals surface area contributed by atoms with Crippen molar-refractivity contribution in [2.45, 2.75) is 31.2 Å². The topological polar surface area (TPSA) is 65.5 Å². The number of ether oxygens (including phenoxy) is 2. The number of nitrogens with zero attached hydrogens (tertiary/aromatic N) is 1. The fourth-order valence-corrected chi connectivity index (χ4v) is 3.82. The SMILES string of the molecule is CCCOC(=O)c1c(SCCF)nc2cc(F)c(F)cc2c1OC(=O)C(C)c1ccccc1. The molecule has 1 aromatic heterocycles. The highest BCUT2D eigenvalue weighted by Gasteiger charge is 2.28. The van der Waals surface area contributed by atoms with E-state index in [1.165, 1.54) is 0 Å². The lowest BCUT2D eigenvalue weighted by molar-refractivity contribution is -0.135.